The number of fused-ring (bicyclic) bond motifs is 1. The highest BCUT2D eigenvalue weighted by Gasteiger charge is 2.23. The van der Waals surface area contributed by atoms with E-state index in [1.165, 1.54) is 6.33 Å². The van der Waals surface area contributed by atoms with Crippen LogP contribution in [0.4, 0.5) is 0 Å². The third-order valence-electron chi connectivity index (χ3n) is 2.46. The maximum atomic E-state index is 5.93. The largest absolute Gasteiger partial charge is 0.479 e. The summed E-state index contributed by atoms with van der Waals surface area (Å²) in [5.74, 6) is 1.58. The molecule has 0 unspecified atom stereocenters. The van der Waals surface area contributed by atoms with E-state index in [0.717, 1.165) is 11.5 Å². The van der Waals surface area contributed by atoms with Crippen LogP contribution in [0.2, 0.25) is 0 Å². The summed E-state index contributed by atoms with van der Waals surface area (Å²) >= 11 is 5.93. The van der Waals surface area contributed by atoms with E-state index in [4.69, 9.17) is 16.3 Å². The number of aromatic nitrogens is 4. The molecule has 0 fully saturated rings. The van der Waals surface area contributed by atoms with Gasteiger partial charge in [-0.25, -0.2) is 9.97 Å². The van der Waals surface area contributed by atoms with Crippen molar-refractivity contribution in [2.24, 2.45) is 0 Å². The summed E-state index contributed by atoms with van der Waals surface area (Å²) < 4.78 is 7.20. The molecule has 0 amide bonds. The monoisotopic (exact) mass is 254 g/mol. The second kappa shape index (κ2) is 4.14. The summed E-state index contributed by atoms with van der Waals surface area (Å²) in [6.07, 6.45) is 1.48. The van der Waals surface area contributed by atoms with Gasteiger partial charge in [0.25, 0.3) is 0 Å². The van der Waals surface area contributed by atoms with Gasteiger partial charge in [0.1, 0.15) is 12.2 Å². The Morgan fingerprint density at radius 3 is 2.59 bits per heavy atom. The van der Waals surface area contributed by atoms with E-state index in [0.29, 0.717) is 17.3 Å². The van der Waals surface area contributed by atoms with Crippen molar-refractivity contribution in [3.63, 3.8) is 0 Å². The van der Waals surface area contributed by atoms with Crippen molar-refractivity contribution < 1.29 is 4.74 Å². The minimum atomic E-state index is -0.141. The van der Waals surface area contributed by atoms with Gasteiger partial charge in [0, 0.05) is 5.54 Å². The molecule has 2 aromatic heterocycles. The molecule has 0 aromatic carbocycles. The molecule has 2 rings (SSSR count). The first kappa shape index (κ1) is 12.1. The molecule has 0 spiro atoms. The van der Waals surface area contributed by atoms with E-state index in [-0.39, 0.29) is 5.54 Å². The fraction of sp³-hybridized carbons (Fsp3) is 0.545. The molecule has 0 saturated heterocycles. The number of hydrogen-bond donors (Lipinski definition) is 0. The van der Waals surface area contributed by atoms with Crippen LogP contribution in [0.15, 0.2) is 6.33 Å². The SMILES string of the molecule is COc1ncnc2c1nc(CCl)n2C(C)(C)C. The van der Waals surface area contributed by atoms with Gasteiger partial charge in [0.2, 0.25) is 5.88 Å². The molecule has 2 heterocycles. The van der Waals surface area contributed by atoms with Crippen molar-refractivity contribution in [3.05, 3.63) is 12.2 Å². The van der Waals surface area contributed by atoms with Gasteiger partial charge < -0.3 is 9.30 Å². The Bertz CT molecular complexity index is 544. The number of hydrogen-bond acceptors (Lipinski definition) is 4. The number of imidazole rings is 1. The molecule has 0 aliphatic heterocycles. The maximum absolute atomic E-state index is 5.93. The minimum Gasteiger partial charge on any atom is -0.479 e. The van der Waals surface area contributed by atoms with Gasteiger partial charge in [-0.1, -0.05) is 0 Å². The Hall–Kier alpha value is -1.36. The first-order chi connectivity index (χ1) is 7.99. The number of rotatable bonds is 2. The van der Waals surface area contributed by atoms with Crippen LogP contribution in [0.3, 0.4) is 0 Å². The molecule has 0 aliphatic carbocycles. The van der Waals surface area contributed by atoms with Crippen molar-refractivity contribution in [2.75, 3.05) is 7.11 Å². The van der Waals surface area contributed by atoms with Gasteiger partial charge >= 0.3 is 0 Å². The van der Waals surface area contributed by atoms with Crippen molar-refractivity contribution in [2.45, 2.75) is 32.2 Å². The van der Waals surface area contributed by atoms with Crippen molar-refractivity contribution in [3.8, 4) is 5.88 Å². The van der Waals surface area contributed by atoms with Crippen LogP contribution in [-0.4, -0.2) is 26.6 Å². The Kier molecular flexibility index (Phi) is 2.95. The predicted octanol–water partition coefficient (Wildman–Crippen LogP) is 2.33. The van der Waals surface area contributed by atoms with E-state index in [1.807, 2.05) is 4.57 Å². The number of halogens is 1. The summed E-state index contributed by atoms with van der Waals surface area (Å²) in [7, 11) is 1.57. The van der Waals surface area contributed by atoms with Crippen LogP contribution in [0.5, 0.6) is 5.88 Å². The second-order valence-corrected chi connectivity index (χ2v) is 4.99. The topological polar surface area (TPSA) is 52.8 Å². The number of alkyl halides is 1. The van der Waals surface area contributed by atoms with Gasteiger partial charge in [-0.05, 0) is 20.8 Å². The van der Waals surface area contributed by atoms with Crippen LogP contribution in [0, 0.1) is 0 Å². The standard InChI is InChI=1S/C11H15ClN4O/c1-11(2,3)16-7(5-12)15-8-9(16)13-6-14-10(8)17-4/h6H,5H2,1-4H3. The van der Waals surface area contributed by atoms with Crippen LogP contribution in [0.25, 0.3) is 11.2 Å². The molecular weight excluding hydrogens is 240 g/mol. The molecule has 2 aromatic rings. The van der Waals surface area contributed by atoms with Gasteiger partial charge in [-0.2, -0.15) is 4.98 Å². The van der Waals surface area contributed by atoms with E-state index in [9.17, 15) is 0 Å². The van der Waals surface area contributed by atoms with Gasteiger partial charge in [-0.15, -0.1) is 11.6 Å². The summed E-state index contributed by atoms with van der Waals surface area (Å²) in [6, 6.07) is 0. The third kappa shape index (κ3) is 1.95. The zero-order valence-electron chi connectivity index (χ0n) is 10.4. The van der Waals surface area contributed by atoms with Crippen LogP contribution in [-0.2, 0) is 11.4 Å². The van der Waals surface area contributed by atoms with Crippen molar-refractivity contribution >= 4 is 22.8 Å². The Morgan fingerprint density at radius 1 is 1.35 bits per heavy atom. The minimum absolute atomic E-state index is 0.141. The summed E-state index contributed by atoms with van der Waals surface area (Å²) in [4.78, 5) is 12.8. The quantitative estimate of drug-likeness (QED) is 0.772. The molecule has 17 heavy (non-hydrogen) atoms. The number of nitrogens with zero attached hydrogens (tertiary/aromatic N) is 4. The Morgan fingerprint density at radius 2 is 2.06 bits per heavy atom. The lowest BCUT2D eigenvalue weighted by atomic mass is 10.1. The summed E-state index contributed by atoms with van der Waals surface area (Å²) in [5.41, 5.74) is 1.26. The van der Waals surface area contributed by atoms with E-state index in [2.05, 4.69) is 35.7 Å². The number of ether oxygens (including phenoxy) is 1. The van der Waals surface area contributed by atoms with E-state index in [1.54, 1.807) is 7.11 Å². The summed E-state index contributed by atoms with van der Waals surface area (Å²) in [5, 5.41) is 0. The fourth-order valence-corrected chi connectivity index (χ4v) is 2.04. The first-order valence-corrected chi connectivity index (χ1v) is 5.85. The average molecular weight is 255 g/mol. The molecule has 5 nitrogen and oxygen atoms in total. The van der Waals surface area contributed by atoms with Crippen LogP contribution >= 0.6 is 11.6 Å². The third-order valence-corrected chi connectivity index (χ3v) is 2.70. The zero-order chi connectivity index (χ0) is 12.6. The normalized spacial score (nSPS) is 12.1. The van der Waals surface area contributed by atoms with Gasteiger partial charge in [-0.3, -0.25) is 0 Å². The molecule has 0 aliphatic rings. The lowest BCUT2D eigenvalue weighted by molar-refractivity contribution is 0.394. The molecule has 92 valence electrons. The van der Waals surface area contributed by atoms with E-state index < -0.39 is 0 Å². The molecule has 6 heteroatoms. The number of methoxy groups -OCH3 is 1. The predicted molar refractivity (Wildman–Crippen MR) is 66.4 cm³/mol. The first-order valence-electron chi connectivity index (χ1n) is 5.31. The molecule has 0 N–H and O–H groups in total. The second-order valence-electron chi connectivity index (χ2n) is 4.72. The van der Waals surface area contributed by atoms with Crippen LogP contribution in [0.1, 0.15) is 26.6 Å². The highest BCUT2D eigenvalue weighted by atomic mass is 35.5. The molecule has 0 radical (unpaired) electrons. The van der Waals surface area contributed by atoms with E-state index >= 15 is 0 Å². The van der Waals surface area contributed by atoms with Crippen molar-refractivity contribution in [1.82, 2.24) is 19.5 Å². The maximum Gasteiger partial charge on any atom is 0.245 e. The highest BCUT2D eigenvalue weighted by molar-refractivity contribution is 6.16. The molecule has 0 bridgehead atoms. The highest BCUT2D eigenvalue weighted by Crippen LogP contribution is 2.28. The van der Waals surface area contributed by atoms with Crippen molar-refractivity contribution in [1.29, 1.82) is 0 Å². The fourth-order valence-electron chi connectivity index (χ4n) is 1.86. The smallest absolute Gasteiger partial charge is 0.245 e. The zero-order valence-corrected chi connectivity index (χ0v) is 11.1. The Balaban J connectivity index is 2.81. The Labute approximate surface area is 105 Å². The molecule has 0 atom stereocenters. The average Bonchev–Trinajstić information content (AvgIpc) is 2.66. The van der Waals surface area contributed by atoms with Gasteiger partial charge in [0.05, 0.1) is 13.0 Å². The van der Waals surface area contributed by atoms with Gasteiger partial charge in [0.15, 0.2) is 11.2 Å². The summed E-state index contributed by atoms with van der Waals surface area (Å²) in [6.45, 7) is 6.25. The molecular formula is C11H15ClN4O. The molecule has 0 saturated carbocycles. The van der Waals surface area contributed by atoms with Crippen LogP contribution < -0.4 is 4.74 Å². The lowest BCUT2D eigenvalue weighted by Gasteiger charge is -2.23. The lowest BCUT2D eigenvalue weighted by Crippen LogP contribution is -2.24.